The smallest absolute Gasteiger partial charge is 0.223 e. The normalized spacial score (nSPS) is 11.1. The Morgan fingerprint density at radius 2 is 2.06 bits per heavy atom. The number of pyridine rings is 1. The van der Waals surface area contributed by atoms with E-state index in [4.69, 9.17) is 21.7 Å². The van der Waals surface area contributed by atoms with Gasteiger partial charge in [-0.15, -0.1) is 5.10 Å². The molecule has 3 N–H and O–H groups in total. The predicted octanol–water partition coefficient (Wildman–Crippen LogP) is 3.37. The number of aromatic nitrogens is 6. The van der Waals surface area contributed by atoms with E-state index in [-0.39, 0.29) is 12.6 Å². The van der Waals surface area contributed by atoms with E-state index in [0.29, 0.717) is 63.1 Å². The minimum atomic E-state index is -0.135. The van der Waals surface area contributed by atoms with E-state index in [2.05, 4.69) is 24.9 Å². The summed E-state index contributed by atoms with van der Waals surface area (Å²) in [6.45, 7) is 9.04. The van der Waals surface area contributed by atoms with Crippen LogP contribution in [0.1, 0.15) is 22.8 Å². The maximum atomic E-state index is 9.63. The number of anilines is 1. The molecule has 0 bridgehead atoms. The summed E-state index contributed by atoms with van der Waals surface area (Å²) < 4.78 is 7.16. The van der Waals surface area contributed by atoms with Crippen LogP contribution in [0.4, 0.5) is 11.6 Å². The summed E-state index contributed by atoms with van der Waals surface area (Å²) >= 11 is 0. The third-order valence-electron chi connectivity index (χ3n) is 5.26. The first kappa shape index (κ1) is 20.3. The van der Waals surface area contributed by atoms with Gasteiger partial charge in [-0.05, 0) is 30.2 Å². The van der Waals surface area contributed by atoms with Crippen LogP contribution in [0.15, 0.2) is 53.4 Å². The van der Waals surface area contributed by atoms with Crippen molar-refractivity contribution in [3.8, 4) is 22.6 Å². The van der Waals surface area contributed by atoms with Gasteiger partial charge < -0.3 is 15.3 Å². The third-order valence-corrected chi connectivity index (χ3v) is 5.26. The van der Waals surface area contributed by atoms with Crippen molar-refractivity contribution in [3.05, 3.63) is 83.2 Å². The number of aryl methyl sites for hydroxylation is 1. The van der Waals surface area contributed by atoms with Crippen LogP contribution >= 0.6 is 0 Å². The van der Waals surface area contributed by atoms with Crippen molar-refractivity contribution in [2.75, 3.05) is 5.73 Å². The first-order valence-corrected chi connectivity index (χ1v) is 10.1. The molecule has 0 radical (unpaired) electrons. The fraction of sp³-hybridized carbons (Fsp3) is 0.130. The summed E-state index contributed by atoms with van der Waals surface area (Å²) in [4.78, 5) is 21.4. The Morgan fingerprint density at radius 1 is 1.18 bits per heavy atom. The number of nitrogens with two attached hydrogens (primary N) is 1. The zero-order valence-corrected chi connectivity index (χ0v) is 17.6. The lowest BCUT2D eigenvalue weighted by Crippen LogP contribution is -2.06. The molecule has 0 saturated heterocycles. The number of aliphatic hydroxyl groups excluding tert-OH is 1. The highest BCUT2D eigenvalue weighted by Crippen LogP contribution is 2.37. The van der Waals surface area contributed by atoms with Gasteiger partial charge in [-0.2, -0.15) is 4.52 Å². The van der Waals surface area contributed by atoms with E-state index in [9.17, 15) is 5.11 Å². The van der Waals surface area contributed by atoms with Gasteiger partial charge in [0.1, 0.15) is 0 Å². The highest BCUT2D eigenvalue weighted by atomic mass is 16.3. The molecule has 33 heavy (non-hydrogen) atoms. The van der Waals surface area contributed by atoms with Gasteiger partial charge in [0.05, 0.1) is 42.2 Å². The SMILES string of the molecule is [C-]#[N+]c1cccc(-c2nc(N)n3nc(Cc4ncccc4CO)nc3c2-c2ocnc2C)c1. The summed E-state index contributed by atoms with van der Waals surface area (Å²) in [6.07, 6.45) is 3.32. The van der Waals surface area contributed by atoms with Crippen LogP contribution in [0.25, 0.3) is 33.1 Å². The summed E-state index contributed by atoms with van der Waals surface area (Å²) in [6, 6.07) is 10.7. The molecule has 1 aromatic carbocycles. The summed E-state index contributed by atoms with van der Waals surface area (Å²) in [5.41, 5.74) is 11.0. The quantitative estimate of drug-likeness (QED) is 0.399. The van der Waals surface area contributed by atoms with Gasteiger partial charge >= 0.3 is 0 Å². The zero-order chi connectivity index (χ0) is 22.9. The van der Waals surface area contributed by atoms with Gasteiger partial charge in [0.25, 0.3) is 0 Å². The molecule has 0 aliphatic carbocycles. The van der Waals surface area contributed by atoms with Crippen molar-refractivity contribution in [2.24, 2.45) is 0 Å². The molecule has 4 aromatic heterocycles. The summed E-state index contributed by atoms with van der Waals surface area (Å²) in [7, 11) is 0. The number of oxazole rings is 1. The van der Waals surface area contributed by atoms with E-state index in [1.807, 2.05) is 13.0 Å². The Labute approximate surface area is 188 Å². The lowest BCUT2D eigenvalue weighted by atomic mass is 10.0. The van der Waals surface area contributed by atoms with Crippen molar-refractivity contribution < 1.29 is 9.52 Å². The van der Waals surface area contributed by atoms with Crippen LogP contribution in [-0.4, -0.2) is 34.7 Å². The Balaban J connectivity index is 1.75. The van der Waals surface area contributed by atoms with Gasteiger partial charge in [0.2, 0.25) is 5.95 Å². The van der Waals surface area contributed by atoms with E-state index in [1.54, 1.807) is 36.5 Å². The molecule has 10 heteroatoms. The van der Waals surface area contributed by atoms with Crippen LogP contribution < -0.4 is 5.73 Å². The number of fused-ring (bicyclic) bond motifs is 1. The number of hydrogen-bond donors (Lipinski definition) is 2. The van der Waals surface area contributed by atoms with Crippen molar-refractivity contribution in [2.45, 2.75) is 20.0 Å². The Hall–Kier alpha value is -4.62. The van der Waals surface area contributed by atoms with Gasteiger partial charge in [0, 0.05) is 6.20 Å². The Bertz CT molecular complexity index is 1530. The number of benzene rings is 1. The van der Waals surface area contributed by atoms with Crippen molar-refractivity contribution in [1.29, 1.82) is 0 Å². The molecule has 0 fully saturated rings. The monoisotopic (exact) mass is 438 g/mol. The van der Waals surface area contributed by atoms with E-state index in [0.717, 1.165) is 0 Å². The molecule has 0 spiro atoms. The molecule has 0 saturated carbocycles. The molecule has 4 heterocycles. The van der Waals surface area contributed by atoms with Crippen LogP contribution in [0, 0.1) is 13.5 Å². The van der Waals surface area contributed by atoms with Gasteiger partial charge in [-0.1, -0.05) is 24.3 Å². The van der Waals surface area contributed by atoms with Crippen molar-refractivity contribution in [1.82, 2.24) is 29.5 Å². The second-order valence-corrected chi connectivity index (χ2v) is 7.33. The average molecular weight is 438 g/mol. The van der Waals surface area contributed by atoms with Crippen LogP contribution in [0.3, 0.4) is 0 Å². The van der Waals surface area contributed by atoms with E-state index in [1.165, 1.54) is 10.9 Å². The number of hydrogen-bond acceptors (Lipinski definition) is 8. The van der Waals surface area contributed by atoms with Crippen LogP contribution in [-0.2, 0) is 13.0 Å². The third kappa shape index (κ3) is 3.56. The maximum absolute atomic E-state index is 9.63. The molecule has 5 rings (SSSR count). The lowest BCUT2D eigenvalue weighted by Gasteiger charge is -2.10. The molecule has 0 atom stereocenters. The standard InChI is InChI=1S/C23H18N8O2/c1-13-21(33-12-27-13)19-20(14-5-3-7-16(9-14)25-2)29-23(24)31-22(19)28-18(30-31)10-17-15(11-32)6-4-8-26-17/h3-9,12,32H,10-11H2,1H3,(H2,24,29). The average Bonchev–Trinajstić information content (AvgIpc) is 3.46. The lowest BCUT2D eigenvalue weighted by molar-refractivity contribution is 0.280. The van der Waals surface area contributed by atoms with Crippen molar-refractivity contribution >= 4 is 17.3 Å². The number of rotatable bonds is 5. The first-order valence-electron chi connectivity index (χ1n) is 10.1. The molecule has 0 unspecified atom stereocenters. The molecule has 0 amide bonds. The Morgan fingerprint density at radius 3 is 2.82 bits per heavy atom. The van der Waals surface area contributed by atoms with Crippen molar-refractivity contribution in [3.63, 3.8) is 0 Å². The molecule has 162 valence electrons. The largest absolute Gasteiger partial charge is 0.443 e. The zero-order valence-electron chi connectivity index (χ0n) is 17.6. The highest BCUT2D eigenvalue weighted by Gasteiger charge is 2.24. The Kier molecular flexibility index (Phi) is 5.01. The second-order valence-electron chi connectivity index (χ2n) is 7.33. The molecule has 5 aromatic rings. The number of nitrogens with zero attached hydrogens (tertiary/aromatic N) is 7. The molecule has 0 aliphatic rings. The number of nitrogen functional groups attached to an aromatic ring is 1. The fourth-order valence-corrected chi connectivity index (χ4v) is 3.68. The molecular weight excluding hydrogens is 420 g/mol. The first-order chi connectivity index (χ1) is 16.1. The minimum absolute atomic E-state index is 0.135. The summed E-state index contributed by atoms with van der Waals surface area (Å²) in [5, 5.41) is 14.2. The molecular formula is C23H18N8O2. The topological polar surface area (TPSA) is 133 Å². The molecule has 10 nitrogen and oxygen atoms in total. The van der Waals surface area contributed by atoms with E-state index >= 15 is 0 Å². The molecule has 0 aliphatic heterocycles. The highest BCUT2D eigenvalue weighted by molar-refractivity contribution is 5.90. The maximum Gasteiger partial charge on any atom is 0.223 e. The fourth-order valence-electron chi connectivity index (χ4n) is 3.68. The number of aliphatic hydroxyl groups is 1. The van der Waals surface area contributed by atoms with Crippen LogP contribution in [0.2, 0.25) is 0 Å². The van der Waals surface area contributed by atoms with Crippen LogP contribution in [0.5, 0.6) is 0 Å². The van der Waals surface area contributed by atoms with E-state index < -0.39 is 0 Å². The van der Waals surface area contributed by atoms with Gasteiger partial charge in [0.15, 0.2) is 29.3 Å². The minimum Gasteiger partial charge on any atom is -0.443 e. The second kappa shape index (κ2) is 8.14. The predicted molar refractivity (Wildman–Crippen MR) is 120 cm³/mol. The van der Waals surface area contributed by atoms with Gasteiger partial charge in [-0.25, -0.2) is 19.8 Å². The van der Waals surface area contributed by atoms with Gasteiger partial charge in [-0.3, -0.25) is 4.98 Å². The summed E-state index contributed by atoms with van der Waals surface area (Å²) in [5.74, 6) is 1.09.